The summed E-state index contributed by atoms with van der Waals surface area (Å²) in [5, 5.41) is -0.825. The molecule has 0 nitrogen and oxygen atoms in total. The minimum absolute atomic E-state index is 0.379. The predicted molar refractivity (Wildman–Crippen MR) is 80.6 cm³/mol. The minimum Gasteiger partial charge on any atom is -0.0843 e. The summed E-state index contributed by atoms with van der Waals surface area (Å²) < 4.78 is 63.0. The van der Waals surface area contributed by atoms with Gasteiger partial charge in [0.05, 0.1) is 11.0 Å². The van der Waals surface area contributed by atoms with Crippen LogP contribution >= 0.6 is 46.4 Å². The molecule has 0 unspecified atom stereocenters. The van der Waals surface area contributed by atoms with Gasteiger partial charge in [-0.1, -0.05) is 70.6 Å². The van der Waals surface area contributed by atoms with E-state index in [-0.39, 0.29) is 5.57 Å². The molecule has 0 aliphatic rings. The van der Waals surface area contributed by atoms with E-state index in [0.29, 0.717) is 0 Å². The van der Waals surface area contributed by atoms with Gasteiger partial charge < -0.3 is 0 Å². The normalized spacial score (nSPS) is 16.4. The maximum atomic E-state index is 8.07. The van der Waals surface area contributed by atoms with Crippen molar-refractivity contribution in [3.05, 3.63) is 74.0 Å². The van der Waals surface area contributed by atoms with Crippen molar-refractivity contribution in [3.8, 4) is 0 Å². The second-order valence-electron chi connectivity index (χ2n) is 3.01. The van der Waals surface area contributed by atoms with E-state index in [0.717, 1.165) is 0 Å². The molecule has 0 aliphatic carbocycles. The molecule has 2 rings (SSSR count). The van der Waals surface area contributed by atoms with Gasteiger partial charge in [0.1, 0.15) is 4.49 Å². The molecule has 0 saturated heterocycles. The third-order valence-electron chi connectivity index (χ3n) is 1.88. The fourth-order valence-electron chi connectivity index (χ4n) is 1.16. The lowest BCUT2D eigenvalue weighted by Gasteiger charge is -2.09. The van der Waals surface area contributed by atoms with Crippen LogP contribution in [0.4, 0.5) is 0 Å². The topological polar surface area (TPSA) is 0 Å². The van der Waals surface area contributed by atoms with Crippen LogP contribution in [0.5, 0.6) is 0 Å². The zero-order valence-electron chi connectivity index (χ0n) is 16.5. The first-order chi connectivity index (χ1) is 11.9. The van der Waals surface area contributed by atoms with Crippen LogP contribution in [-0.4, -0.2) is 0 Å². The van der Waals surface area contributed by atoms with Crippen molar-refractivity contribution in [1.82, 2.24) is 0 Å². The van der Waals surface area contributed by atoms with Crippen molar-refractivity contribution >= 4 is 52.0 Å². The van der Waals surface area contributed by atoms with E-state index in [9.17, 15) is 0 Å². The smallest absolute Gasteiger partial charge is 0.0843 e. The van der Waals surface area contributed by atoms with Gasteiger partial charge in [0.2, 0.25) is 0 Å². The van der Waals surface area contributed by atoms with Crippen molar-refractivity contribution in [2.45, 2.75) is 0 Å². The highest BCUT2D eigenvalue weighted by molar-refractivity contribution is 6.59. The largest absolute Gasteiger partial charge is 0.115 e. The first-order valence-electron chi connectivity index (χ1n) is 8.51. The molecule has 0 bridgehead atoms. The Kier molecular flexibility index (Phi) is 2.22. The van der Waals surface area contributed by atoms with Gasteiger partial charge in [-0.2, -0.15) is 0 Å². The molecule has 0 aromatic heterocycles. The van der Waals surface area contributed by atoms with Crippen LogP contribution < -0.4 is 0 Å². The summed E-state index contributed by atoms with van der Waals surface area (Å²) >= 11 is 23.3. The Labute approximate surface area is 137 Å². The molecule has 0 heterocycles. The summed E-state index contributed by atoms with van der Waals surface area (Å²) in [6.07, 6.45) is 0. The number of benzene rings is 2. The van der Waals surface area contributed by atoms with Crippen LogP contribution in [0.25, 0.3) is 5.57 Å². The quantitative estimate of drug-likeness (QED) is 0.617. The average Bonchev–Trinajstić information content (AvgIpc) is 2.60. The number of rotatable bonds is 2. The van der Waals surface area contributed by atoms with E-state index in [4.69, 9.17) is 57.4 Å². The summed E-state index contributed by atoms with van der Waals surface area (Å²) in [5.41, 5.74) is -1.17. The van der Waals surface area contributed by atoms with E-state index in [1.807, 2.05) is 0 Å². The van der Waals surface area contributed by atoms with Gasteiger partial charge in [-0.15, -0.1) is 0 Å². The van der Waals surface area contributed by atoms with Gasteiger partial charge in [-0.25, -0.2) is 0 Å². The lowest BCUT2D eigenvalue weighted by molar-refractivity contribution is 1.55. The van der Waals surface area contributed by atoms with Gasteiger partial charge >= 0.3 is 0 Å². The zero-order chi connectivity index (χ0) is 20.1. The molecule has 0 aliphatic heterocycles. The van der Waals surface area contributed by atoms with Gasteiger partial charge in [-0.3, -0.25) is 0 Å². The summed E-state index contributed by atoms with van der Waals surface area (Å²) in [6.45, 7) is 0. The molecular weight excluding hydrogens is 310 g/mol. The maximum Gasteiger partial charge on any atom is 0.115 e. The Morgan fingerprint density at radius 2 is 1.06 bits per heavy atom. The van der Waals surface area contributed by atoms with E-state index >= 15 is 0 Å². The monoisotopic (exact) mass is 324 g/mol. The summed E-state index contributed by atoms with van der Waals surface area (Å²) in [4.78, 5) is 0. The van der Waals surface area contributed by atoms with E-state index < -0.39 is 74.0 Å². The van der Waals surface area contributed by atoms with Crippen LogP contribution in [0.2, 0.25) is 10.0 Å². The van der Waals surface area contributed by atoms with Crippen molar-refractivity contribution in [1.29, 1.82) is 0 Å². The molecule has 2 aromatic rings. The van der Waals surface area contributed by atoms with Crippen molar-refractivity contribution in [2.24, 2.45) is 0 Å². The molecule has 92 valence electrons. The molecule has 0 fully saturated rings. The zero-order valence-corrected chi connectivity index (χ0v) is 11.5. The third-order valence-corrected chi connectivity index (χ3v) is 2.63. The van der Waals surface area contributed by atoms with E-state index in [2.05, 4.69) is 0 Å². The highest BCUT2D eigenvalue weighted by atomic mass is 35.5. The standard InChI is InChI=1S/C14H8Cl4/c15-11-5-1-9(2-6-11)13(14(17)18)10-3-7-12(16)8-4-10/h1-8H/i1D,2D,3D,4D,5D,6D,7D,8D. The molecule has 0 saturated carbocycles. The van der Waals surface area contributed by atoms with E-state index in [1.165, 1.54) is 0 Å². The Morgan fingerprint density at radius 1 is 0.722 bits per heavy atom. The Morgan fingerprint density at radius 3 is 1.33 bits per heavy atom. The highest BCUT2D eigenvalue weighted by Crippen LogP contribution is 2.32. The molecule has 0 N–H and O–H groups in total. The second kappa shape index (κ2) is 5.99. The van der Waals surface area contributed by atoms with Crippen molar-refractivity contribution in [2.75, 3.05) is 0 Å². The number of halogens is 4. The van der Waals surface area contributed by atoms with Crippen LogP contribution in [0, 0.1) is 0 Å². The molecule has 0 amide bonds. The Hall–Kier alpha value is -0.660. The molecule has 4 heteroatoms. The first-order valence-corrected chi connectivity index (χ1v) is 6.02. The van der Waals surface area contributed by atoms with Crippen LogP contribution in [0.3, 0.4) is 0 Å². The molecule has 18 heavy (non-hydrogen) atoms. The lowest BCUT2D eigenvalue weighted by Crippen LogP contribution is -1.88. The van der Waals surface area contributed by atoms with Crippen molar-refractivity contribution in [3.63, 3.8) is 0 Å². The number of hydrogen-bond acceptors (Lipinski definition) is 0. The van der Waals surface area contributed by atoms with Crippen LogP contribution in [0.1, 0.15) is 22.1 Å². The highest BCUT2D eigenvalue weighted by Gasteiger charge is 2.09. The fourth-order valence-corrected chi connectivity index (χ4v) is 1.73. The van der Waals surface area contributed by atoms with Crippen LogP contribution in [-0.2, 0) is 0 Å². The fraction of sp³-hybridized carbons (Fsp3) is 0. The van der Waals surface area contributed by atoms with Gasteiger partial charge in [-0.05, 0) is 35.3 Å². The SMILES string of the molecule is [2H]c1c([2H])c(C(=C(Cl)Cl)c2c([2H])c([2H])c(Cl)c([2H])c2[2H])c([2H])c([2H])c1Cl. The second-order valence-corrected chi connectivity index (χ2v) is 4.72. The summed E-state index contributed by atoms with van der Waals surface area (Å²) in [7, 11) is 0. The van der Waals surface area contributed by atoms with Gasteiger partial charge in [0.25, 0.3) is 0 Å². The van der Waals surface area contributed by atoms with Crippen LogP contribution in [0.15, 0.2) is 52.8 Å². The van der Waals surface area contributed by atoms with Gasteiger partial charge in [0.15, 0.2) is 0 Å². The average molecular weight is 326 g/mol. The van der Waals surface area contributed by atoms with Gasteiger partial charge in [0, 0.05) is 15.6 Å². The predicted octanol–water partition coefficient (Wildman–Crippen LogP) is 6.19. The Bertz CT molecular complexity index is 837. The first kappa shape index (κ1) is 6.67. The number of hydrogen-bond donors (Lipinski definition) is 0. The molecule has 0 spiro atoms. The molecule has 0 atom stereocenters. The minimum atomic E-state index is -0.586. The molecular formula is C14H8Cl4. The molecule has 2 aromatic carbocycles. The molecule has 0 radical (unpaired) electrons. The lowest BCUT2D eigenvalue weighted by atomic mass is 10.00. The maximum absolute atomic E-state index is 8.07. The van der Waals surface area contributed by atoms with Crippen molar-refractivity contribution < 1.29 is 11.0 Å². The summed E-state index contributed by atoms with van der Waals surface area (Å²) in [5.74, 6) is 0. The Balaban J connectivity index is 3.06. The summed E-state index contributed by atoms with van der Waals surface area (Å²) in [6, 6.07) is -4.57. The third kappa shape index (κ3) is 3.21. The van der Waals surface area contributed by atoms with E-state index in [1.54, 1.807) is 0 Å².